The summed E-state index contributed by atoms with van der Waals surface area (Å²) in [7, 11) is -1.92. The van der Waals surface area contributed by atoms with E-state index in [0.29, 0.717) is 18.0 Å². The Balaban J connectivity index is 1.96. The van der Waals surface area contributed by atoms with E-state index in [2.05, 4.69) is 5.32 Å². The number of anilines is 1. The molecular weight excluding hydrogens is 422 g/mol. The zero-order valence-corrected chi connectivity index (χ0v) is 19.2. The summed E-state index contributed by atoms with van der Waals surface area (Å²) < 4.78 is 31.2. The summed E-state index contributed by atoms with van der Waals surface area (Å²) in [5.74, 6) is -0.217. The van der Waals surface area contributed by atoms with E-state index in [-0.39, 0.29) is 42.4 Å². The Labute approximate surface area is 183 Å². The lowest BCUT2D eigenvalue weighted by atomic mass is 9.99. The molecule has 10 heteroatoms. The van der Waals surface area contributed by atoms with Gasteiger partial charge in [-0.1, -0.05) is 6.92 Å². The molecule has 0 bridgehead atoms. The van der Waals surface area contributed by atoms with Gasteiger partial charge in [0.2, 0.25) is 15.9 Å². The summed E-state index contributed by atoms with van der Waals surface area (Å²) in [6.07, 6.45) is 2.36. The van der Waals surface area contributed by atoms with Gasteiger partial charge >= 0.3 is 0 Å². The molecule has 9 nitrogen and oxygen atoms in total. The molecule has 0 radical (unpaired) electrons. The van der Waals surface area contributed by atoms with Gasteiger partial charge in [0.05, 0.1) is 31.0 Å². The van der Waals surface area contributed by atoms with Gasteiger partial charge in [0, 0.05) is 31.1 Å². The topological polar surface area (TPSA) is 116 Å². The van der Waals surface area contributed by atoms with Gasteiger partial charge in [-0.15, -0.1) is 0 Å². The van der Waals surface area contributed by atoms with E-state index in [1.165, 1.54) is 11.4 Å². The Bertz CT molecular complexity index is 946. The molecule has 2 N–H and O–H groups in total. The van der Waals surface area contributed by atoms with E-state index in [1.54, 1.807) is 30.0 Å². The molecule has 1 aromatic carbocycles. The van der Waals surface area contributed by atoms with Gasteiger partial charge in [-0.2, -0.15) is 0 Å². The van der Waals surface area contributed by atoms with Crippen LogP contribution >= 0.6 is 0 Å². The highest BCUT2D eigenvalue weighted by Crippen LogP contribution is 2.33. The summed E-state index contributed by atoms with van der Waals surface area (Å²) in [5.41, 5.74) is 0.774. The van der Waals surface area contributed by atoms with Crippen molar-refractivity contribution in [1.82, 2.24) is 9.21 Å². The summed E-state index contributed by atoms with van der Waals surface area (Å²) in [6.45, 7) is 3.85. The normalized spacial score (nSPS) is 22.9. The lowest BCUT2D eigenvalue weighted by Gasteiger charge is -2.38. The second-order valence-corrected chi connectivity index (χ2v) is 10.7. The molecule has 3 rings (SSSR count). The largest absolute Gasteiger partial charge is 0.488 e. The van der Waals surface area contributed by atoms with Gasteiger partial charge in [0.1, 0.15) is 11.9 Å². The number of amides is 2. The van der Waals surface area contributed by atoms with Crippen LogP contribution in [0.15, 0.2) is 18.2 Å². The molecular formula is C21H31N3O6S. The second kappa shape index (κ2) is 9.13. The number of carbonyl (C=O) groups is 2. The van der Waals surface area contributed by atoms with Gasteiger partial charge < -0.3 is 20.1 Å². The number of carbonyl (C=O) groups excluding carboxylic acids is 2. The molecule has 1 saturated carbocycles. The van der Waals surface area contributed by atoms with Crippen molar-refractivity contribution in [2.24, 2.45) is 11.8 Å². The fourth-order valence-corrected chi connectivity index (χ4v) is 3.91. The molecule has 0 unspecified atom stereocenters. The van der Waals surface area contributed by atoms with Crippen LogP contribution in [-0.4, -0.2) is 79.7 Å². The highest BCUT2D eigenvalue weighted by Gasteiger charge is 2.35. The first kappa shape index (κ1) is 23.5. The number of ether oxygens (including phenoxy) is 1. The highest BCUT2D eigenvalue weighted by atomic mass is 32.2. The first-order valence-electron chi connectivity index (χ1n) is 10.5. The SMILES string of the molecule is C[C@H]1CN([C@@H](C)CO)C(=O)c2cc(NC(=O)C3CC3)ccc2O[C@H]1CN(C)S(C)(=O)=O. The quantitative estimate of drug-likeness (QED) is 0.640. The van der Waals surface area contributed by atoms with E-state index >= 15 is 0 Å². The maximum atomic E-state index is 13.3. The molecule has 2 aliphatic rings. The summed E-state index contributed by atoms with van der Waals surface area (Å²) in [6, 6.07) is 4.46. The van der Waals surface area contributed by atoms with Crippen LogP contribution in [0.5, 0.6) is 5.75 Å². The summed E-state index contributed by atoms with van der Waals surface area (Å²) in [5, 5.41) is 12.5. The average molecular weight is 454 g/mol. The number of likely N-dealkylation sites (N-methyl/N-ethyl adjacent to an activating group) is 1. The maximum absolute atomic E-state index is 13.3. The lowest BCUT2D eigenvalue weighted by molar-refractivity contribution is -0.117. The molecule has 0 spiro atoms. The van der Waals surface area contributed by atoms with Crippen molar-refractivity contribution in [3.05, 3.63) is 23.8 Å². The molecule has 0 saturated heterocycles. The Kier molecular flexibility index (Phi) is 6.92. The minimum atomic E-state index is -3.41. The molecule has 1 aliphatic carbocycles. The molecule has 31 heavy (non-hydrogen) atoms. The van der Waals surface area contributed by atoms with Gasteiger partial charge in [0.25, 0.3) is 5.91 Å². The zero-order valence-electron chi connectivity index (χ0n) is 18.4. The van der Waals surface area contributed by atoms with Crippen molar-refractivity contribution >= 4 is 27.5 Å². The maximum Gasteiger partial charge on any atom is 0.258 e. The van der Waals surface area contributed by atoms with Gasteiger partial charge in [0.15, 0.2) is 0 Å². The van der Waals surface area contributed by atoms with Crippen LogP contribution in [0.4, 0.5) is 5.69 Å². The van der Waals surface area contributed by atoms with Crippen molar-refractivity contribution in [3.63, 3.8) is 0 Å². The molecule has 3 atom stereocenters. The Morgan fingerprint density at radius 3 is 2.65 bits per heavy atom. The predicted molar refractivity (Wildman–Crippen MR) is 116 cm³/mol. The first-order chi connectivity index (χ1) is 14.5. The fourth-order valence-electron chi connectivity index (χ4n) is 3.50. The van der Waals surface area contributed by atoms with Crippen molar-refractivity contribution in [3.8, 4) is 5.75 Å². The van der Waals surface area contributed by atoms with Crippen LogP contribution in [0.2, 0.25) is 0 Å². The standard InChI is InChI=1S/C21H31N3O6S/c1-13-10-24(14(2)12-25)21(27)17-9-16(22-20(26)15-5-6-15)7-8-18(17)30-19(13)11-23(3)31(4,28)29/h7-9,13-15,19,25H,5-6,10-12H2,1-4H3,(H,22,26)/t13-,14-,19-/m0/s1. The lowest BCUT2D eigenvalue weighted by Crippen LogP contribution is -2.50. The van der Waals surface area contributed by atoms with Crippen LogP contribution in [0, 0.1) is 11.8 Å². The number of nitrogens with one attached hydrogen (secondary N) is 1. The number of hydrogen-bond donors (Lipinski definition) is 2. The molecule has 1 aromatic rings. The van der Waals surface area contributed by atoms with Crippen LogP contribution in [-0.2, 0) is 14.8 Å². The number of nitrogens with zero attached hydrogens (tertiary/aromatic N) is 2. The van der Waals surface area contributed by atoms with Crippen molar-refractivity contribution in [2.75, 3.05) is 38.3 Å². The predicted octanol–water partition coefficient (Wildman–Crippen LogP) is 1.15. The minimum absolute atomic E-state index is 0.0247. The zero-order chi connectivity index (χ0) is 22.9. The second-order valence-electron chi connectivity index (χ2n) is 8.64. The monoisotopic (exact) mass is 453 g/mol. The van der Waals surface area contributed by atoms with Crippen LogP contribution in [0.3, 0.4) is 0 Å². The summed E-state index contributed by atoms with van der Waals surface area (Å²) >= 11 is 0. The highest BCUT2D eigenvalue weighted by molar-refractivity contribution is 7.88. The van der Waals surface area contributed by atoms with E-state index < -0.39 is 22.2 Å². The Hall–Kier alpha value is -2.17. The van der Waals surface area contributed by atoms with E-state index in [1.807, 2.05) is 6.92 Å². The number of hydrogen-bond acceptors (Lipinski definition) is 6. The van der Waals surface area contributed by atoms with Crippen LogP contribution in [0.1, 0.15) is 37.0 Å². The number of aliphatic hydroxyl groups excluding tert-OH is 1. The summed E-state index contributed by atoms with van der Waals surface area (Å²) in [4.78, 5) is 27.0. The van der Waals surface area contributed by atoms with Crippen molar-refractivity contribution in [2.45, 2.75) is 38.8 Å². The number of fused-ring (bicyclic) bond motifs is 1. The third-order valence-electron chi connectivity index (χ3n) is 5.88. The third-order valence-corrected chi connectivity index (χ3v) is 7.17. The van der Waals surface area contributed by atoms with Crippen molar-refractivity contribution < 1.29 is 27.9 Å². The van der Waals surface area contributed by atoms with E-state index in [4.69, 9.17) is 4.74 Å². The molecule has 1 heterocycles. The van der Waals surface area contributed by atoms with E-state index in [9.17, 15) is 23.1 Å². The molecule has 1 aliphatic heterocycles. The first-order valence-corrected chi connectivity index (χ1v) is 12.3. The number of sulfonamides is 1. The molecule has 0 aromatic heterocycles. The molecule has 2 amide bonds. The molecule has 1 fully saturated rings. The fraction of sp³-hybridized carbons (Fsp3) is 0.619. The average Bonchev–Trinajstić information content (AvgIpc) is 3.55. The van der Waals surface area contributed by atoms with Gasteiger partial charge in [-0.05, 0) is 38.0 Å². The van der Waals surface area contributed by atoms with Crippen LogP contribution < -0.4 is 10.1 Å². The van der Waals surface area contributed by atoms with Gasteiger partial charge in [-0.25, -0.2) is 12.7 Å². The molecule has 172 valence electrons. The van der Waals surface area contributed by atoms with Gasteiger partial charge in [-0.3, -0.25) is 9.59 Å². The number of rotatable bonds is 7. The number of aliphatic hydroxyl groups is 1. The third kappa shape index (κ3) is 5.55. The van der Waals surface area contributed by atoms with Crippen molar-refractivity contribution in [1.29, 1.82) is 0 Å². The van der Waals surface area contributed by atoms with Crippen LogP contribution in [0.25, 0.3) is 0 Å². The smallest absolute Gasteiger partial charge is 0.258 e. The minimum Gasteiger partial charge on any atom is -0.488 e. The number of benzene rings is 1. The Morgan fingerprint density at radius 1 is 1.39 bits per heavy atom. The van der Waals surface area contributed by atoms with E-state index in [0.717, 1.165) is 19.1 Å². The Morgan fingerprint density at radius 2 is 2.06 bits per heavy atom.